The Balaban J connectivity index is 1.74. The van der Waals surface area contributed by atoms with Gasteiger partial charge in [0, 0.05) is 30.9 Å². The summed E-state index contributed by atoms with van der Waals surface area (Å²) in [7, 11) is -3.77. The molecule has 2 N–H and O–H groups in total. The fourth-order valence-corrected chi connectivity index (χ4v) is 4.52. The highest BCUT2D eigenvalue weighted by Crippen LogP contribution is 2.20. The molecule has 0 fully saturated rings. The van der Waals surface area contributed by atoms with Gasteiger partial charge in [-0.15, -0.1) is 0 Å². The third-order valence-electron chi connectivity index (χ3n) is 4.65. The number of carbonyl (C=O) groups is 1. The molecule has 2 aromatic heterocycles. The van der Waals surface area contributed by atoms with Crippen molar-refractivity contribution in [3.05, 3.63) is 65.3 Å². The van der Waals surface area contributed by atoms with Crippen LogP contribution in [0.25, 0.3) is 11.4 Å². The molecule has 0 bridgehead atoms. The van der Waals surface area contributed by atoms with Crippen LogP contribution >= 0.6 is 0 Å². The van der Waals surface area contributed by atoms with E-state index in [0.717, 1.165) is 16.8 Å². The van der Waals surface area contributed by atoms with E-state index in [4.69, 9.17) is 0 Å². The topological polar surface area (TPSA) is 134 Å². The van der Waals surface area contributed by atoms with Crippen molar-refractivity contribution in [2.45, 2.75) is 25.3 Å². The zero-order chi connectivity index (χ0) is 23.3. The van der Waals surface area contributed by atoms with Crippen LogP contribution in [0.3, 0.4) is 0 Å². The molecule has 2 heterocycles. The molecule has 168 valence electrons. The molecule has 0 atom stereocenters. The van der Waals surface area contributed by atoms with E-state index >= 15 is 0 Å². The summed E-state index contributed by atoms with van der Waals surface area (Å²) in [6.07, 6.45) is 3.96. The van der Waals surface area contributed by atoms with Crippen molar-refractivity contribution in [3.8, 4) is 17.1 Å². The van der Waals surface area contributed by atoms with Gasteiger partial charge in [-0.25, -0.2) is 18.4 Å². The quantitative estimate of drug-likeness (QED) is 0.525. The Hall–Kier alpha value is -3.57. The molecule has 32 heavy (non-hydrogen) atoms. The first kappa shape index (κ1) is 23.1. The minimum Gasteiger partial charge on any atom is -0.508 e. The van der Waals surface area contributed by atoms with E-state index in [1.54, 1.807) is 26.0 Å². The van der Waals surface area contributed by atoms with Crippen LogP contribution in [0, 0.1) is 0 Å². The number of anilines is 1. The van der Waals surface area contributed by atoms with Crippen molar-refractivity contribution >= 4 is 21.6 Å². The van der Waals surface area contributed by atoms with Crippen molar-refractivity contribution in [3.63, 3.8) is 0 Å². The molecule has 0 aliphatic rings. The number of sulfonamides is 1. The number of hydrogen-bond acceptors (Lipinski definition) is 7. The van der Waals surface area contributed by atoms with Crippen LogP contribution in [-0.4, -0.2) is 51.4 Å². The highest BCUT2D eigenvalue weighted by atomic mass is 32.2. The van der Waals surface area contributed by atoms with Crippen molar-refractivity contribution in [2.24, 2.45) is 0 Å². The van der Waals surface area contributed by atoms with Gasteiger partial charge in [0.2, 0.25) is 15.9 Å². The van der Waals surface area contributed by atoms with E-state index < -0.39 is 21.5 Å². The Labute approximate surface area is 185 Å². The van der Waals surface area contributed by atoms with Crippen molar-refractivity contribution in [1.82, 2.24) is 18.8 Å². The van der Waals surface area contributed by atoms with Gasteiger partial charge in [0.1, 0.15) is 12.3 Å². The van der Waals surface area contributed by atoms with Crippen LogP contribution in [-0.2, 0) is 21.4 Å². The molecular formula is C21H23N5O5S. The van der Waals surface area contributed by atoms with Crippen LogP contribution in [0.1, 0.15) is 13.8 Å². The molecule has 0 radical (unpaired) electrons. The van der Waals surface area contributed by atoms with E-state index in [2.05, 4.69) is 15.3 Å². The number of hydrogen-bond donors (Lipinski definition) is 2. The molecule has 3 rings (SSSR count). The number of carbonyl (C=O) groups excluding carboxylic acids is 1. The predicted molar refractivity (Wildman–Crippen MR) is 119 cm³/mol. The lowest BCUT2D eigenvalue weighted by Crippen LogP contribution is -2.33. The summed E-state index contributed by atoms with van der Waals surface area (Å²) in [5, 5.41) is 12.1. The Bertz CT molecular complexity index is 1270. The highest BCUT2D eigenvalue weighted by molar-refractivity contribution is 7.89. The maximum Gasteiger partial charge on any atom is 0.251 e. The van der Waals surface area contributed by atoms with Crippen molar-refractivity contribution < 1.29 is 18.3 Å². The first-order valence-corrected chi connectivity index (χ1v) is 11.3. The van der Waals surface area contributed by atoms with Gasteiger partial charge in [-0.05, 0) is 18.2 Å². The molecule has 0 saturated heterocycles. The van der Waals surface area contributed by atoms with Gasteiger partial charge in [0.15, 0.2) is 5.82 Å². The highest BCUT2D eigenvalue weighted by Gasteiger charge is 2.22. The second-order valence-electron chi connectivity index (χ2n) is 6.81. The number of benzene rings is 1. The summed E-state index contributed by atoms with van der Waals surface area (Å²) in [4.78, 5) is 32.8. The van der Waals surface area contributed by atoms with Gasteiger partial charge in [-0.1, -0.05) is 26.0 Å². The standard InChI is InChI=1S/C21H23N5O5S/c1-3-26(4-2)32(30,31)18-8-9-20(29)25(13-18)14-19(28)24-16-11-22-21(23-12-16)15-6-5-7-17(27)10-15/h5-13,27H,3-4,14H2,1-2H3,(H,24,28). The minimum absolute atomic E-state index is 0.0626. The third-order valence-corrected chi connectivity index (χ3v) is 6.69. The number of phenolic OH excluding ortho intramolecular Hbond substituents is 1. The summed E-state index contributed by atoms with van der Waals surface area (Å²) in [6, 6.07) is 8.80. The SMILES string of the molecule is CCN(CC)S(=O)(=O)c1ccc(=O)n(CC(=O)Nc2cnc(-c3cccc(O)c3)nc2)c1. The monoisotopic (exact) mass is 457 g/mol. The second kappa shape index (κ2) is 9.71. The molecule has 3 aromatic rings. The van der Waals surface area contributed by atoms with Gasteiger partial charge >= 0.3 is 0 Å². The number of pyridine rings is 1. The number of nitrogens with zero attached hydrogens (tertiary/aromatic N) is 4. The molecule has 1 aromatic carbocycles. The molecule has 1 amide bonds. The fraction of sp³-hybridized carbons (Fsp3) is 0.238. The predicted octanol–water partition coefficient (Wildman–Crippen LogP) is 1.68. The molecule has 11 heteroatoms. The molecule has 0 saturated carbocycles. The number of phenols is 1. The Morgan fingerprint density at radius 2 is 1.81 bits per heavy atom. The molecule has 0 spiro atoms. The van der Waals surface area contributed by atoms with Crippen molar-refractivity contribution in [2.75, 3.05) is 18.4 Å². The molecule has 0 aliphatic carbocycles. The van der Waals surface area contributed by atoms with E-state index in [1.807, 2.05) is 0 Å². The number of amides is 1. The Morgan fingerprint density at radius 3 is 2.44 bits per heavy atom. The van der Waals surface area contributed by atoms with E-state index in [9.17, 15) is 23.1 Å². The molecule has 0 aliphatic heterocycles. The molecule has 10 nitrogen and oxygen atoms in total. The summed E-state index contributed by atoms with van der Waals surface area (Å²) in [5.41, 5.74) is 0.411. The van der Waals surface area contributed by atoms with Crippen LogP contribution in [0.2, 0.25) is 0 Å². The fourth-order valence-electron chi connectivity index (χ4n) is 3.04. The maximum absolute atomic E-state index is 12.7. The van der Waals surface area contributed by atoms with Gasteiger partial charge < -0.3 is 15.0 Å². The summed E-state index contributed by atoms with van der Waals surface area (Å²) in [6.45, 7) is 3.64. The van der Waals surface area contributed by atoms with Crippen molar-refractivity contribution in [1.29, 1.82) is 0 Å². The lowest BCUT2D eigenvalue weighted by Gasteiger charge is -2.19. The zero-order valence-electron chi connectivity index (χ0n) is 17.6. The summed E-state index contributed by atoms with van der Waals surface area (Å²) >= 11 is 0. The van der Waals surface area contributed by atoms with E-state index in [1.165, 1.54) is 34.9 Å². The number of aromatic nitrogens is 3. The smallest absolute Gasteiger partial charge is 0.251 e. The number of nitrogens with one attached hydrogen (secondary N) is 1. The Morgan fingerprint density at radius 1 is 1.12 bits per heavy atom. The average Bonchev–Trinajstić information content (AvgIpc) is 2.76. The number of aromatic hydroxyl groups is 1. The zero-order valence-corrected chi connectivity index (χ0v) is 18.4. The van der Waals surface area contributed by atoms with Gasteiger partial charge in [-0.2, -0.15) is 4.31 Å². The average molecular weight is 458 g/mol. The summed E-state index contributed by atoms with van der Waals surface area (Å²) in [5.74, 6) is -0.0956. The van der Waals surface area contributed by atoms with Crippen LogP contribution in [0.5, 0.6) is 5.75 Å². The van der Waals surface area contributed by atoms with Crippen LogP contribution in [0.15, 0.2) is 64.7 Å². The van der Waals surface area contributed by atoms with Crippen LogP contribution in [0.4, 0.5) is 5.69 Å². The first-order valence-electron chi connectivity index (χ1n) is 9.86. The molecule has 0 unspecified atom stereocenters. The van der Waals surface area contributed by atoms with E-state index in [-0.39, 0.29) is 30.3 Å². The van der Waals surface area contributed by atoms with Gasteiger partial charge in [-0.3, -0.25) is 9.59 Å². The Kier molecular flexibility index (Phi) is 7.01. The van der Waals surface area contributed by atoms with Crippen LogP contribution < -0.4 is 10.9 Å². The summed E-state index contributed by atoms with van der Waals surface area (Å²) < 4.78 is 27.7. The third kappa shape index (κ3) is 5.18. The minimum atomic E-state index is -3.77. The second-order valence-corrected chi connectivity index (χ2v) is 8.75. The van der Waals surface area contributed by atoms with E-state index in [0.29, 0.717) is 17.1 Å². The lowest BCUT2D eigenvalue weighted by atomic mass is 10.2. The van der Waals surface area contributed by atoms with Gasteiger partial charge in [0.05, 0.1) is 23.0 Å². The first-order chi connectivity index (χ1) is 15.2. The largest absolute Gasteiger partial charge is 0.508 e. The van der Waals surface area contributed by atoms with Gasteiger partial charge in [0.25, 0.3) is 5.56 Å². The number of rotatable bonds is 8. The normalized spacial score (nSPS) is 11.5. The lowest BCUT2D eigenvalue weighted by molar-refractivity contribution is -0.116. The molecular weight excluding hydrogens is 434 g/mol. The maximum atomic E-state index is 12.7.